The van der Waals surface area contributed by atoms with Crippen molar-refractivity contribution in [3.63, 3.8) is 0 Å². The number of pyridine rings is 1. The molecule has 10 nitrogen and oxygen atoms in total. The molecule has 37 heavy (non-hydrogen) atoms. The summed E-state index contributed by atoms with van der Waals surface area (Å²) in [7, 11) is 0. The van der Waals surface area contributed by atoms with Crippen LogP contribution in [0.15, 0.2) is 76.1 Å². The molecule has 2 N–H and O–H groups in total. The molecule has 0 bridgehead atoms. The standard InChI is InChI=1S/C26H22FN7O3/c27-20-11-10-18(23(29-20)34-12-14-36-15-13-34)25-32-33-26(37-25)31-22-24(35)28-19-9-5-4-8-17(19)21(30-22)16-6-2-1-3-7-16/h1-11,22H,12-15H2,(H,28,35)(H,31,33)/t22-/m1/s1. The third-order valence-corrected chi connectivity index (χ3v) is 6.06. The van der Waals surface area contributed by atoms with Gasteiger partial charge in [0.1, 0.15) is 5.82 Å². The summed E-state index contributed by atoms with van der Waals surface area (Å²) in [6.07, 6.45) is -1.04. The number of benzene rings is 2. The number of benzodiazepines with no additional fused rings is 1. The Bertz CT molecular complexity index is 1470. The normalized spacial score (nSPS) is 17.4. The van der Waals surface area contributed by atoms with Crippen molar-refractivity contribution in [3.05, 3.63) is 83.8 Å². The summed E-state index contributed by atoms with van der Waals surface area (Å²) in [5, 5.41) is 14.0. The van der Waals surface area contributed by atoms with Crippen LogP contribution < -0.4 is 15.5 Å². The van der Waals surface area contributed by atoms with Gasteiger partial charge in [0.15, 0.2) is 0 Å². The molecule has 2 aliphatic rings. The van der Waals surface area contributed by atoms with Gasteiger partial charge in [0.2, 0.25) is 12.1 Å². The Morgan fingerprint density at radius 2 is 1.73 bits per heavy atom. The van der Waals surface area contributed by atoms with Crippen LogP contribution in [-0.2, 0) is 9.53 Å². The van der Waals surface area contributed by atoms with Crippen LogP contribution in [-0.4, -0.2) is 59.3 Å². The van der Waals surface area contributed by atoms with Gasteiger partial charge in [-0.1, -0.05) is 53.6 Å². The van der Waals surface area contributed by atoms with Crippen molar-refractivity contribution in [2.24, 2.45) is 4.99 Å². The van der Waals surface area contributed by atoms with Crippen LogP contribution in [0.5, 0.6) is 0 Å². The lowest BCUT2D eigenvalue weighted by molar-refractivity contribution is -0.116. The lowest BCUT2D eigenvalue weighted by Gasteiger charge is -2.28. The van der Waals surface area contributed by atoms with Crippen molar-refractivity contribution in [2.75, 3.05) is 41.8 Å². The van der Waals surface area contributed by atoms with Gasteiger partial charge in [-0.2, -0.15) is 4.39 Å². The Hall–Kier alpha value is -4.64. The fourth-order valence-corrected chi connectivity index (χ4v) is 4.30. The second-order valence-corrected chi connectivity index (χ2v) is 8.44. The molecule has 6 rings (SSSR count). The predicted molar refractivity (Wildman–Crippen MR) is 135 cm³/mol. The van der Waals surface area contributed by atoms with Gasteiger partial charge >= 0.3 is 6.01 Å². The van der Waals surface area contributed by atoms with E-state index >= 15 is 0 Å². The van der Waals surface area contributed by atoms with E-state index in [1.807, 2.05) is 59.5 Å². The minimum atomic E-state index is -1.04. The molecule has 0 spiro atoms. The zero-order valence-electron chi connectivity index (χ0n) is 19.6. The van der Waals surface area contributed by atoms with E-state index in [0.717, 1.165) is 11.1 Å². The maximum absolute atomic E-state index is 14.0. The molecule has 2 aromatic carbocycles. The number of amides is 1. The molecule has 0 unspecified atom stereocenters. The second kappa shape index (κ2) is 9.78. The second-order valence-electron chi connectivity index (χ2n) is 8.44. The number of rotatable bonds is 5. The summed E-state index contributed by atoms with van der Waals surface area (Å²) < 4.78 is 25.2. The van der Waals surface area contributed by atoms with E-state index in [-0.39, 0.29) is 17.8 Å². The number of nitrogens with zero attached hydrogens (tertiary/aromatic N) is 5. The number of fused-ring (bicyclic) bond motifs is 1. The van der Waals surface area contributed by atoms with Crippen LogP contribution in [0.4, 0.5) is 21.9 Å². The van der Waals surface area contributed by atoms with Gasteiger partial charge in [-0.05, 0) is 18.2 Å². The maximum atomic E-state index is 14.0. The van der Waals surface area contributed by atoms with E-state index < -0.39 is 12.1 Å². The number of hydrogen-bond donors (Lipinski definition) is 2. The minimum Gasteiger partial charge on any atom is -0.403 e. The molecule has 0 aliphatic carbocycles. The molecule has 4 heterocycles. The number of ether oxygens (including phenoxy) is 1. The number of hydrogen-bond acceptors (Lipinski definition) is 9. The fraction of sp³-hybridized carbons (Fsp3) is 0.192. The van der Waals surface area contributed by atoms with Crippen LogP contribution in [0.3, 0.4) is 0 Å². The van der Waals surface area contributed by atoms with E-state index in [4.69, 9.17) is 14.1 Å². The molecule has 0 saturated carbocycles. The van der Waals surface area contributed by atoms with E-state index in [2.05, 4.69) is 25.8 Å². The molecule has 11 heteroatoms. The maximum Gasteiger partial charge on any atom is 0.317 e. The van der Waals surface area contributed by atoms with Crippen LogP contribution in [0.2, 0.25) is 0 Å². The number of nitrogens with one attached hydrogen (secondary N) is 2. The van der Waals surface area contributed by atoms with Gasteiger partial charge in [-0.15, -0.1) is 5.10 Å². The van der Waals surface area contributed by atoms with Crippen molar-refractivity contribution < 1.29 is 18.3 Å². The highest BCUT2D eigenvalue weighted by molar-refractivity contribution is 6.19. The molecule has 186 valence electrons. The predicted octanol–water partition coefficient (Wildman–Crippen LogP) is 3.34. The van der Waals surface area contributed by atoms with E-state index in [9.17, 15) is 9.18 Å². The fourth-order valence-electron chi connectivity index (χ4n) is 4.30. The molecule has 1 atom stereocenters. The molecule has 2 aromatic heterocycles. The highest BCUT2D eigenvalue weighted by Gasteiger charge is 2.28. The average molecular weight is 500 g/mol. The number of aromatic nitrogens is 3. The van der Waals surface area contributed by atoms with Crippen LogP contribution in [0.25, 0.3) is 11.5 Å². The van der Waals surface area contributed by atoms with Gasteiger partial charge < -0.3 is 24.7 Å². The van der Waals surface area contributed by atoms with Gasteiger partial charge in [0.05, 0.1) is 30.2 Å². The molecular formula is C26H22FN7O3. The molecular weight excluding hydrogens is 477 g/mol. The summed E-state index contributed by atoms with van der Waals surface area (Å²) in [5.74, 6) is -0.456. The number of aliphatic imine (C=N–C) groups is 1. The number of morpholine rings is 1. The SMILES string of the molecule is O=C1Nc2ccccc2C(c2ccccc2)=N[C@@H]1Nc1nnc(-c2ccc(F)nc2N2CCOCC2)o1. The molecule has 1 amide bonds. The van der Waals surface area contributed by atoms with Gasteiger partial charge in [0.25, 0.3) is 11.8 Å². The Morgan fingerprint density at radius 1 is 0.946 bits per heavy atom. The van der Waals surface area contributed by atoms with E-state index in [0.29, 0.717) is 49.1 Å². The van der Waals surface area contributed by atoms with E-state index in [1.165, 1.54) is 6.07 Å². The Kier molecular flexibility index (Phi) is 6.03. The number of para-hydroxylation sites is 1. The molecule has 2 aliphatic heterocycles. The number of anilines is 3. The van der Waals surface area contributed by atoms with Gasteiger partial charge in [-0.25, -0.2) is 9.98 Å². The summed E-state index contributed by atoms with van der Waals surface area (Å²) in [5.41, 5.74) is 3.43. The van der Waals surface area contributed by atoms with E-state index in [1.54, 1.807) is 6.07 Å². The molecule has 1 fully saturated rings. The summed E-state index contributed by atoms with van der Waals surface area (Å²) >= 11 is 0. The third-order valence-electron chi connectivity index (χ3n) is 6.06. The smallest absolute Gasteiger partial charge is 0.317 e. The van der Waals surface area contributed by atoms with Crippen LogP contribution in [0, 0.1) is 5.95 Å². The number of carbonyl (C=O) groups is 1. The molecule has 0 radical (unpaired) electrons. The van der Waals surface area contributed by atoms with Crippen molar-refractivity contribution in [3.8, 4) is 11.5 Å². The largest absolute Gasteiger partial charge is 0.403 e. The first-order chi connectivity index (χ1) is 18.2. The average Bonchev–Trinajstić information content (AvgIpc) is 3.35. The van der Waals surface area contributed by atoms with Crippen molar-refractivity contribution in [2.45, 2.75) is 6.17 Å². The Morgan fingerprint density at radius 3 is 2.57 bits per heavy atom. The summed E-state index contributed by atoms with van der Waals surface area (Å²) in [6, 6.07) is 19.9. The van der Waals surface area contributed by atoms with Gasteiger partial charge in [0, 0.05) is 24.2 Å². The van der Waals surface area contributed by atoms with Crippen molar-refractivity contribution in [1.29, 1.82) is 0 Å². The zero-order valence-corrected chi connectivity index (χ0v) is 19.6. The topological polar surface area (TPSA) is 118 Å². The highest BCUT2D eigenvalue weighted by Crippen LogP contribution is 2.31. The molecule has 4 aromatic rings. The van der Waals surface area contributed by atoms with Gasteiger partial charge in [-0.3, -0.25) is 4.79 Å². The highest BCUT2D eigenvalue weighted by atomic mass is 19.1. The number of carbonyl (C=O) groups excluding carboxylic acids is 1. The first kappa shape index (κ1) is 22.8. The van der Waals surface area contributed by atoms with Crippen molar-refractivity contribution in [1.82, 2.24) is 15.2 Å². The summed E-state index contributed by atoms with van der Waals surface area (Å²) in [4.78, 5) is 23.8. The Balaban J connectivity index is 1.32. The lowest BCUT2D eigenvalue weighted by Crippen LogP contribution is -2.37. The molecule has 1 saturated heterocycles. The third kappa shape index (κ3) is 4.64. The zero-order chi connectivity index (χ0) is 25.2. The quantitative estimate of drug-likeness (QED) is 0.402. The summed E-state index contributed by atoms with van der Waals surface area (Å²) in [6.45, 7) is 2.13. The minimum absolute atomic E-state index is 0.00507. The number of halogens is 1. The van der Waals surface area contributed by atoms with Crippen LogP contribution in [0.1, 0.15) is 11.1 Å². The first-order valence-corrected chi connectivity index (χ1v) is 11.8. The van der Waals surface area contributed by atoms with Crippen molar-refractivity contribution >= 4 is 29.1 Å². The Labute approximate surface area is 211 Å². The monoisotopic (exact) mass is 499 g/mol. The van der Waals surface area contributed by atoms with Crippen LogP contribution >= 0.6 is 0 Å². The first-order valence-electron chi connectivity index (χ1n) is 11.8. The lowest BCUT2D eigenvalue weighted by atomic mass is 10.0.